The van der Waals surface area contributed by atoms with Crippen molar-refractivity contribution in [2.45, 2.75) is 31.1 Å². The highest BCUT2D eigenvalue weighted by Crippen LogP contribution is 2.47. The SMILES string of the molecule is CCCC(c1ccccc1)C(C(=O)O)(c1ccccc1)c1ccccc1. The molecule has 1 N–H and O–H groups in total. The molecule has 0 aromatic heterocycles. The summed E-state index contributed by atoms with van der Waals surface area (Å²) in [5.41, 5.74) is 1.58. The molecule has 1 atom stereocenters. The number of carboxylic acids is 1. The van der Waals surface area contributed by atoms with E-state index < -0.39 is 11.4 Å². The second-order valence-corrected chi connectivity index (χ2v) is 6.60. The van der Waals surface area contributed by atoms with Crippen molar-refractivity contribution in [1.29, 1.82) is 0 Å². The van der Waals surface area contributed by atoms with E-state index in [0.717, 1.165) is 29.5 Å². The molecule has 0 aliphatic carbocycles. The zero-order valence-electron chi connectivity index (χ0n) is 15.0. The number of hydrogen-bond acceptors (Lipinski definition) is 1. The van der Waals surface area contributed by atoms with Gasteiger partial charge in [-0.2, -0.15) is 0 Å². The highest BCUT2D eigenvalue weighted by molar-refractivity contribution is 5.87. The number of aliphatic carboxylic acids is 1. The van der Waals surface area contributed by atoms with Crippen LogP contribution in [0.15, 0.2) is 91.0 Å². The normalized spacial score (nSPS) is 12.5. The van der Waals surface area contributed by atoms with Crippen LogP contribution in [0, 0.1) is 0 Å². The van der Waals surface area contributed by atoms with E-state index in [1.807, 2.05) is 91.0 Å². The standard InChI is InChI=1S/C24H24O2/c1-2-12-22(19-13-6-3-7-14-19)24(23(25)26,20-15-8-4-9-16-20)21-17-10-5-11-18-21/h3-11,13-18,22H,2,12H2,1H3,(H,25,26). The van der Waals surface area contributed by atoms with Gasteiger partial charge in [0.15, 0.2) is 0 Å². The minimum Gasteiger partial charge on any atom is -0.480 e. The fourth-order valence-corrected chi connectivity index (χ4v) is 3.97. The van der Waals surface area contributed by atoms with Gasteiger partial charge in [-0.15, -0.1) is 0 Å². The van der Waals surface area contributed by atoms with E-state index in [-0.39, 0.29) is 5.92 Å². The largest absolute Gasteiger partial charge is 0.480 e. The Kier molecular flexibility index (Phi) is 5.52. The summed E-state index contributed by atoms with van der Waals surface area (Å²) < 4.78 is 0. The Morgan fingerprint density at radius 3 is 1.62 bits per heavy atom. The van der Waals surface area contributed by atoms with Gasteiger partial charge in [0, 0.05) is 5.92 Å². The molecule has 0 amide bonds. The summed E-state index contributed by atoms with van der Waals surface area (Å²) in [5, 5.41) is 10.6. The van der Waals surface area contributed by atoms with Gasteiger partial charge in [-0.05, 0) is 23.1 Å². The average Bonchev–Trinajstić information content (AvgIpc) is 2.70. The van der Waals surface area contributed by atoms with Crippen LogP contribution >= 0.6 is 0 Å². The number of hydrogen-bond donors (Lipinski definition) is 1. The highest BCUT2D eigenvalue weighted by atomic mass is 16.4. The van der Waals surface area contributed by atoms with Crippen molar-refractivity contribution in [3.8, 4) is 0 Å². The lowest BCUT2D eigenvalue weighted by Gasteiger charge is -2.39. The molecule has 0 heterocycles. The van der Waals surface area contributed by atoms with Crippen LogP contribution in [0.3, 0.4) is 0 Å². The number of benzene rings is 3. The molecule has 132 valence electrons. The lowest BCUT2D eigenvalue weighted by atomic mass is 9.62. The fraction of sp³-hybridized carbons (Fsp3) is 0.208. The minimum absolute atomic E-state index is 0.156. The van der Waals surface area contributed by atoms with Gasteiger partial charge >= 0.3 is 5.97 Å². The lowest BCUT2D eigenvalue weighted by molar-refractivity contribution is -0.143. The molecule has 26 heavy (non-hydrogen) atoms. The molecule has 3 rings (SSSR count). The summed E-state index contributed by atoms with van der Waals surface area (Å²) in [6, 6.07) is 29.3. The van der Waals surface area contributed by atoms with Crippen molar-refractivity contribution < 1.29 is 9.90 Å². The van der Waals surface area contributed by atoms with Crippen LogP contribution in [0.1, 0.15) is 42.4 Å². The molecule has 2 heteroatoms. The Bertz CT molecular complexity index is 786. The lowest BCUT2D eigenvalue weighted by Crippen LogP contribution is -2.43. The Labute approximate surface area is 155 Å². The Balaban J connectivity index is 2.33. The van der Waals surface area contributed by atoms with E-state index in [0.29, 0.717) is 0 Å². The Morgan fingerprint density at radius 2 is 1.23 bits per heavy atom. The number of carbonyl (C=O) groups is 1. The van der Waals surface area contributed by atoms with Crippen molar-refractivity contribution in [2.75, 3.05) is 0 Å². The molecule has 0 saturated heterocycles. The van der Waals surface area contributed by atoms with Crippen LogP contribution in [-0.2, 0) is 10.2 Å². The maximum atomic E-state index is 12.9. The average molecular weight is 344 g/mol. The second-order valence-electron chi connectivity index (χ2n) is 6.60. The zero-order chi connectivity index (χ0) is 18.4. The summed E-state index contributed by atoms with van der Waals surface area (Å²) in [5.74, 6) is -0.965. The molecule has 2 nitrogen and oxygen atoms in total. The third-order valence-corrected chi connectivity index (χ3v) is 5.10. The van der Waals surface area contributed by atoms with Crippen LogP contribution < -0.4 is 0 Å². The molecule has 0 aliphatic rings. The molecule has 3 aromatic rings. The molecule has 0 bridgehead atoms. The second kappa shape index (κ2) is 8.01. The fourth-order valence-electron chi connectivity index (χ4n) is 3.97. The van der Waals surface area contributed by atoms with Gasteiger partial charge in [-0.25, -0.2) is 0 Å². The third kappa shape index (κ3) is 3.15. The zero-order valence-corrected chi connectivity index (χ0v) is 15.0. The first-order valence-electron chi connectivity index (χ1n) is 9.10. The van der Waals surface area contributed by atoms with Crippen LogP contribution in [-0.4, -0.2) is 11.1 Å². The van der Waals surface area contributed by atoms with E-state index in [9.17, 15) is 9.90 Å². The number of carboxylic acid groups (broad SMARTS) is 1. The summed E-state index contributed by atoms with van der Waals surface area (Å²) in [6.45, 7) is 2.11. The van der Waals surface area contributed by atoms with Crippen LogP contribution in [0.2, 0.25) is 0 Å². The topological polar surface area (TPSA) is 37.3 Å². The van der Waals surface area contributed by atoms with E-state index >= 15 is 0 Å². The predicted molar refractivity (Wildman–Crippen MR) is 105 cm³/mol. The van der Waals surface area contributed by atoms with E-state index in [4.69, 9.17) is 0 Å². The highest BCUT2D eigenvalue weighted by Gasteiger charge is 2.49. The van der Waals surface area contributed by atoms with Gasteiger partial charge in [-0.1, -0.05) is 104 Å². The van der Waals surface area contributed by atoms with E-state index in [1.165, 1.54) is 0 Å². The van der Waals surface area contributed by atoms with Crippen LogP contribution in [0.25, 0.3) is 0 Å². The molecule has 0 aliphatic heterocycles. The first-order valence-corrected chi connectivity index (χ1v) is 9.10. The summed E-state index contributed by atoms with van der Waals surface area (Å²) in [7, 11) is 0. The summed E-state index contributed by atoms with van der Waals surface area (Å²) in [6.07, 6.45) is 1.70. The molecule has 1 unspecified atom stereocenters. The summed E-state index contributed by atoms with van der Waals surface area (Å²) in [4.78, 5) is 12.9. The summed E-state index contributed by atoms with van der Waals surface area (Å²) >= 11 is 0. The van der Waals surface area contributed by atoms with Crippen molar-refractivity contribution in [2.24, 2.45) is 0 Å². The van der Waals surface area contributed by atoms with Crippen molar-refractivity contribution in [3.63, 3.8) is 0 Å². The van der Waals surface area contributed by atoms with E-state index in [1.54, 1.807) is 0 Å². The van der Waals surface area contributed by atoms with E-state index in [2.05, 4.69) is 6.92 Å². The van der Waals surface area contributed by atoms with Crippen LogP contribution in [0.4, 0.5) is 0 Å². The monoisotopic (exact) mass is 344 g/mol. The Morgan fingerprint density at radius 1 is 0.808 bits per heavy atom. The van der Waals surface area contributed by atoms with Gasteiger partial charge in [-0.3, -0.25) is 4.79 Å². The van der Waals surface area contributed by atoms with Gasteiger partial charge in [0.1, 0.15) is 5.41 Å². The molecular formula is C24H24O2. The minimum atomic E-state index is -1.13. The van der Waals surface area contributed by atoms with Crippen molar-refractivity contribution in [3.05, 3.63) is 108 Å². The van der Waals surface area contributed by atoms with Gasteiger partial charge in [0.05, 0.1) is 0 Å². The number of rotatable bonds is 7. The van der Waals surface area contributed by atoms with Gasteiger partial charge in [0.2, 0.25) is 0 Å². The molecule has 0 saturated carbocycles. The van der Waals surface area contributed by atoms with Crippen molar-refractivity contribution in [1.82, 2.24) is 0 Å². The third-order valence-electron chi connectivity index (χ3n) is 5.10. The first kappa shape index (κ1) is 17.9. The maximum Gasteiger partial charge on any atom is 0.319 e. The van der Waals surface area contributed by atoms with Crippen molar-refractivity contribution >= 4 is 5.97 Å². The molecular weight excluding hydrogens is 320 g/mol. The predicted octanol–water partition coefficient (Wildman–Crippen LogP) is 5.64. The Hall–Kier alpha value is -2.87. The molecule has 3 aromatic carbocycles. The quantitative estimate of drug-likeness (QED) is 0.602. The first-order chi connectivity index (χ1) is 12.7. The van der Waals surface area contributed by atoms with Crippen LogP contribution in [0.5, 0.6) is 0 Å². The smallest absolute Gasteiger partial charge is 0.319 e. The maximum absolute atomic E-state index is 12.9. The molecule has 0 spiro atoms. The molecule has 0 radical (unpaired) electrons. The van der Waals surface area contributed by atoms with Gasteiger partial charge < -0.3 is 5.11 Å². The molecule has 0 fully saturated rings. The van der Waals surface area contributed by atoms with Gasteiger partial charge in [0.25, 0.3) is 0 Å².